The standard InChI is InChI=1S/C14H19N3O/c1-10-5-7-12(8-6-10)11(2)15-13-9-14(18-4)17(3)16-13/h5-9,11H,1-4H3,(H,15,16). The first kappa shape index (κ1) is 12.5. The number of anilines is 1. The Hall–Kier alpha value is -1.97. The molecule has 0 spiro atoms. The molecule has 1 aromatic carbocycles. The quantitative estimate of drug-likeness (QED) is 0.900. The first-order chi connectivity index (χ1) is 8.60. The number of benzene rings is 1. The molecule has 1 atom stereocenters. The van der Waals surface area contributed by atoms with Gasteiger partial charge in [-0.15, -0.1) is 0 Å². The molecule has 0 saturated carbocycles. The molecule has 18 heavy (non-hydrogen) atoms. The molecule has 2 rings (SSSR count). The molecule has 1 heterocycles. The third kappa shape index (κ3) is 2.64. The molecule has 1 N–H and O–H groups in total. The van der Waals surface area contributed by atoms with Crippen LogP contribution in [0.1, 0.15) is 24.1 Å². The van der Waals surface area contributed by atoms with E-state index in [1.54, 1.807) is 11.8 Å². The summed E-state index contributed by atoms with van der Waals surface area (Å²) in [6.07, 6.45) is 0. The largest absolute Gasteiger partial charge is 0.481 e. The van der Waals surface area contributed by atoms with E-state index in [1.807, 2.05) is 13.1 Å². The van der Waals surface area contributed by atoms with Gasteiger partial charge in [0.2, 0.25) is 5.88 Å². The van der Waals surface area contributed by atoms with Crippen LogP contribution in [0.25, 0.3) is 0 Å². The number of aryl methyl sites for hydroxylation is 2. The number of hydrogen-bond donors (Lipinski definition) is 1. The number of ether oxygens (including phenoxy) is 1. The molecular weight excluding hydrogens is 226 g/mol. The second-order valence-corrected chi connectivity index (χ2v) is 4.47. The van der Waals surface area contributed by atoms with Crippen molar-refractivity contribution in [3.05, 3.63) is 41.5 Å². The normalized spacial score (nSPS) is 12.2. The van der Waals surface area contributed by atoms with Crippen molar-refractivity contribution in [1.29, 1.82) is 0 Å². The number of hydrogen-bond acceptors (Lipinski definition) is 3. The van der Waals surface area contributed by atoms with Crippen molar-refractivity contribution in [2.75, 3.05) is 12.4 Å². The van der Waals surface area contributed by atoms with Crippen LogP contribution in [0.2, 0.25) is 0 Å². The molecule has 0 amide bonds. The van der Waals surface area contributed by atoms with E-state index in [0.29, 0.717) is 0 Å². The summed E-state index contributed by atoms with van der Waals surface area (Å²) in [5.41, 5.74) is 2.51. The van der Waals surface area contributed by atoms with E-state index in [9.17, 15) is 0 Å². The lowest BCUT2D eigenvalue weighted by molar-refractivity contribution is 0.373. The second kappa shape index (κ2) is 5.12. The highest BCUT2D eigenvalue weighted by Crippen LogP contribution is 2.21. The van der Waals surface area contributed by atoms with Gasteiger partial charge < -0.3 is 10.1 Å². The lowest BCUT2D eigenvalue weighted by atomic mass is 10.1. The van der Waals surface area contributed by atoms with Crippen LogP contribution in [0.3, 0.4) is 0 Å². The molecule has 0 aliphatic heterocycles. The Bertz CT molecular complexity index is 516. The Morgan fingerprint density at radius 3 is 2.50 bits per heavy atom. The van der Waals surface area contributed by atoms with Gasteiger partial charge in [-0.1, -0.05) is 29.8 Å². The van der Waals surface area contributed by atoms with Crippen molar-refractivity contribution in [2.45, 2.75) is 19.9 Å². The molecule has 1 unspecified atom stereocenters. The molecule has 0 fully saturated rings. The van der Waals surface area contributed by atoms with Crippen LogP contribution in [0.15, 0.2) is 30.3 Å². The van der Waals surface area contributed by atoms with Gasteiger partial charge in [-0.2, -0.15) is 5.10 Å². The van der Waals surface area contributed by atoms with E-state index in [2.05, 4.69) is 48.5 Å². The predicted molar refractivity (Wildman–Crippen MR) is 73.0 cm³/mol. The third-order valence-corrected chi connectivity index (χ3v) is 2.99. The molecule has 96 valence electrons. The van der Waals surface area contributed by atoms with E-state index in [4.69, 9.17) is 4.74 Å². The summed E-state index contributed by atoms with van der Waals surface area (Å²) < 4.78 is 6.90. The summed E-state index contributed by atoms with van der Waals surface area (Å²) >= 11 is 0. The summed E-state index contributed by atoms with van der Waals surface area (Å²) in [4.78, 5) is 0. The fraction of sp³-hybridized carbons (Fsp3) is 0.357. The Morgan fingerprint density at radius 2 is 1.94 bits per heavy atom. The van der Waals surface area contributed by atoms with Crippen LogP contribution in [-0.4, -0.2) is 16.9 Å². The van der Waals surface area contributed by atoms with Gasteiger partial charge in [0.25, 0.3) is 0 Å². The fourth-order valence-corrected chi connectivity index (χ4v) is 1.87. The summed E-state index contributed by atoms with van der Waals surface area (Å²) in [5, 5.41) is 7.71. The van der Waals surface area contributed by atoms with Crippen LogP contribution in [0, 0.1) is 6.92 Å². The maximum atomic E-state index is 5.19. The maximum absolute atomic E-state index is 5.19. The monoisotopic (exact) mass is 245 g/mol. The fourth-order valence-electron chi connectivity index (χ4n) is 1.87. The minimum absolute atomic E-state index is 0.213. The Balaban J connectivity index is 2.10. The van der Waals surface area contributed by atoms with E-state index in [0.717, 1.165) is 11.7 Å². The van der Waals surface area contributed by atoms with E-state index < -0.39 is 0 Å². The van der Waals surface area contributed by atoms with E-state index >= 15 is 0 Å². The van der Waals surface area contributed by atoms with Gasteiger partial charge in [0.15, 0.2) is 5.82 Å². The smallest absolute Gasteiger partial charge is 0.213 e. The van der Waals surface area contributed by atoms with Crippen molar-refractivity contribution < 1.29 is 4.74 Å². The van der Waals surface area contributed by atoms with Gasteiger partial charge in [0.1, 0.15) is 0 Å². The SMILES string of the molecule is COc1cc(NC(C)c2ccc(C)cc2)nn1C. The topological polar surface area (TPSA) is 39.1 Å². The number of methoxy groups -OCH3 is 1. The van der Waals surface area contributed by atoms with Crippen molar-refractivity contribution in [3.8, 4) is 5.88 Å². The van der Waals surface area contributed by atoms with E-state index in [1.165, 1.54) is 11.1 Å². The summed E-state index contributed by atoms with van der Waals surface area (Å²) in [7, 11) is 3.50. The molecule has 4 nitrogen and oxygen atoms in total. The molecule has 4 heteroatoms. The number of aromatic nitrogens is 2. The van der Waals surface area contributed by atoms with Gasteiger partial charge in [-0.3, -0.25) is 0 Å². The molecular formula is C14H19N3O. The Kier molecular flexibility index (Phi) is 3.55. The highest BCUT2D eigenvalue weighted by Gasteiger charge is 2.09. The van der Waals surface area contributed by atoms with Gasteiger partial charge in [-0.25, -0.2) is 4.68 Å². The molecule has 2 aromatic rings. The zero-order valence-electron chi connectivity index (χ0n) is 11.3. The van der Waals surface area contributed by atoms with Crippen molar-refractivity contribution in [1.82, 2.24) is 9.78 Å². The van der Waals surface area contributed by atoms with Crippen LogP contribution >= 0.6 is 0 Å². The number of nitrogens with one attached hydrogen (secondary N) is 1. The molecule has 0 radical (unpaired) electrons. The second-order valence-electron chi connectivity index (χ2n) is 4.47. The highest BCUT2D eigenvalue weighted by molar-refractivity contribution is 5.41. The highest BCUT2D eigenvalue weighted by atomic mass is 16.5. The maximum Gasteiger partial charge on any atom is 0.213 e. The lowest BCUT2D eigenvalue weighted by Gasteiger charge is -2.13. The van der Waals surface area contributed by atoms with Crippen LogP contribution in [0.4, 0.5) is 5.82 Å². The van der Waals surface area contributed by atoms with Crippen molar-refractivity contribution in [2.24, 2.45) is 7.05 Å². The van der Waals surface area contributed by atoms with Crippen LogP contribution < -0.4 is 10.1 Å². The summed E-state index contributed by atoms with van der Waals surface area (Å²) in [6.45, 7) is 4.21. The molecule has 1 aromatic heterocycles. The molecule has 0 saturated heterocycles. The van der Waals surface area contributed by atoms with Crippen molar-refractivity contribution in [3.63, 3.8) is 0 Å². The third-order valence-electron chi connectivity index (χ3n) is 2.99. The van der Waals surface area contributed by atoms with Gasteiger partial charge in [0.05, 0.1) is 13.2 Å². The van der Waals surface area contributed by atoms with Gasteiger partial charge in [0, 0.05) is 13.1 Å². The van der Waals surface area contributed by atoms with Crippen molar-refractivity contribution >= 4 is 5.82 Å². The molecule has 0 bridgehead atoms. The molecule has 0 aliphatic carbocycles. The zero-order chi connectivity index (χ0) is 13.1. The van der Waals surface area contributed by atoms with Crippen LogP contribution in [0.5, 0.6) is 5.88 Å². The first-order valence-electron chi connectivity index (χ1n) is 6.01. The van der Waals surface area contributed by atoms with E-state index in [-0.39, 0.29) is 6.04 Å². The van der Waals surface area contributed by atoms with Crippen LogP contribution in [-0.2, 0) is 7.05 Å². The molecule has 0 aliphatic rings. The minimum atomic E-state index is 0.213. The number of rotatable bonds is 4. The zero-order valence-corrected chi connectivity index (χ0v) is 11.3. The average Bonchev–Trinajstić information content (AvgIpc) is 2.70. The first-order valence-corrected chi connectivity index (χ1v) is 6.01. The predicted octanol–water partition coefficient (Wildman–Crippen LogP) is 2.91. The lowest BCUT2D eigenvalue weighted by Crippen LogP contribution is -2.07. The Morgan fingerprint density at radius 1 is 1.28 bits per heavy atom. The minimum Gasteiger partial charge on any atom is -0.481 e. The van der Waals surface area contributed by atoms with Gasteiger partial charge >= 0.3 is 0 Å². The average molecular weight is 245 g/mol. The number of nitrogens with zero attached hydrogens (tertiary/aromatic N) is 2. The summed E-state index contributed by atoms with van der Waals surface area (Å²) in [6, 6.07) is 10.6. The summed E-state index contributed by atoms with van der Waals surface area (Å²) in [5.74, 6) is 1.57. The Labute approximate surface area is 108 Å². The van der Waals surface area contributed by atoms with Gasteiger partial charge in [-0.05, 0) is 19.4 Å².